The molecule has 1 aliphatic heterocycles. The fourth-order valence-electron chi connectivity index (χ4n) is 4.63. The Morgan fingerprint density at radius 1 is 0.935 bits per heavy atom. The molecule has 6 nitrogen and oxygen atoms in total. The Morgan fingerprint density at radius 2 is 1.55 bits per heavy atom. The number of hydrogen-bond acceptors (Lipinski definition) is 3. The van der Waals surface area contributed by atoms with E-state index in [2.05, 4.69) is 41.4 Å². The van der Waals surface area contributed by atoms with Crippen molar-refractivity contribution in [3.8, 4) is 0 Å². The Labute approximate surface area is 183 Å². The maximum Gasteiger partial charge on any atom is 0.329 e. The van der Waals surface area contributed by atoms with E-state index in [1.807, 2.05) is 34.9 Å². The third-order valence-electron chi connectivity index (χ3n) is 6.19. The Hall–Kier alpha value is -2.86. The standard InChI is InChI=1S/C25H32N4O2/c1-2-15-28-21-12-6-7-13-22(21)29(25(28)31)18-14-24(30)26-19-23(27-16-8-9-17-27)20-10-4-3-5-11-20/h3-7,10-13,23H,2,8-9,14-19H2,1H3,(H,26,30). The number of amides is 1. The molecular weight excluding hydrogens is 388 g/mol. The molecule has 1 fully saturated rings. The molecule has 0 saturated carbocycles. The number of benzene rings is 2. The lowest BCUT2D eigenvalue weighted by molar-refractivity contribution is -0.121. The van der Waals surface area contributed by atoms with Gasteiger partial charge in [-0.3, -0.25) is 18.8 Å². The van der Waals surface area contributed by atoms with E-state index >= 15 is 0 Å². The lowest BCUT2D eigenvalue weighted by atomic mass is 10.1. The molecule has 0 radical (unpaired) electrons. The summed E-state index contributed by atoms with van der Waals surface area (Å²) in [6.45, 7) is 5.88. The molecule has 2 heterocycles. The highest BCUT2D eigenvalue weighted by Gasteiger charge is 2.24. The minimum Gasteiger partial charge on any atom is -0.354 e. The summed E-state index contributed by atoms with van der Waals surface area (Å²) in [6, 6.07) is 18.4. The maximum atomic E-state index is 12.9. The second kappa shape index (κ2) is 9.96. The zero-order chi connectivity index (χ0) is 21.6. The average molecular weight is 421 g/mol. The average Bonchev–Trinajstić information content (AvgIpc) is 3.41. The van der Waals surface area contributed by atoms with Gasteiger partial charge in [-0.1, -0.05) is 49.4 Å². The van der Waals surface area contributed by atoms with Gasteiger partial charge in [0.25, 0.3) is 0 Å². The highest BCUT2D eigenvalue weighted by Crippen LogP contribution is 2.24. The Bertz CT molecular complexity index is 1060. The third-order valence-corrected chi connectivity index (χ3v) is 6.19. The van der Waals surface area contributed by atoms with Crippen LogP contribution < -0.4 is 11.0 Å². The van der Waals surface area contributed by atoms with Crippen LogP contribution in [0.5, 0.6) is 0 Å². The van der Waals surface area contributed by atoms with Gasteiger partial charge in [0.05, 0.1) is 17.1 Å². The van der Waals surface area contributed by atoms with E-state index in [4.69, 9.17) is 0 Å². The van der Waals surface area contributed by atoms with Gasteiger partial charge in [0, 0.05) is 26.1 Å². The van der Waals surface area contributed by atoms with Gasteiger partial charge in [0.2, 0.25) is 5.91 Å². The number of rotatable bonds is 9. The zero-order valence-corrected chi connectivity index (χ0v) is 18.3. The van der Waals surface area contributed by atoms with Crippen LogP contribution in [0.15, 0.2) is 59.4 Å². The van der Waals surface area contributed by atoms with Crippen molar-refractivity contribution in [3.63, 3.8) is 0 Å². The van der Waals surface area contributed by atoms with Gasteiger partial charge in [0.1, 0.15) is 0 Å². The lowest BCUT2D eigenvalue weighted by Gasteiger charge is -2.28. The van der Waals surface area contributed by atoms with Crippen molar-refractivity contribution in [2.24, 2.45) is 0 Å². The summed E-state index contributed by atoms with van der Waals surface area (Å²) in [5.41, 5.74) is 3.04. The number of hydrogen-bond donors (Lipinski definition) is 1. The van der Waals surface area contributed by atoms with Crippen LogP contribution in [0.4, 0.5) is 0 Å². The highest BCUT2D eigenvalue weighted by atomic mass is 16.2. The SMILES string of the molecule is CCCn1c(=O)n(CCC(=O)NCC(c2ccccc2)N2CCCC2)c2ccccc21. The van der Waals surface area contributed by atoms with Gasteiger partial charge in [-0.2, -0.15) is 0 Å². The molecule has 1 aliphatic rings. The quantitative estimate of drug-likeness (QED) is 0.576. The molecule has 1 amide bonds. The molecular formula is C25H32N4O2. The van der Waals surface area contributed by atoms with Gasteiger partial charge in [-0.15, -0.1) is 0 Å². The van der Waals surface area contributed by atoms with Crippen molar-refractivity contribution in [1.29, 1.82) is 0 Å². The normalized spacial score (nSPS) is 15.4. The number of carbonyl (C=O) groups is 1. The van der Waals surface area contributed by atoms with Crippen LogP contribution in [0, 0.1) is 0 Å². The Morgan fingerprint density at radius 3 is 2.19 bits per heavy atom. The molecule has 0 bridgehead atoms. The summed E-state index contributed by atoms with van der Waals surface area (Å²) < 4.78 is 3.55. The Balaban J connectivity index is 1.42. The van der Waals surface area contributed by atoms with Crippen LogP contribution in [-0.2, 0) is 17.9 Å². The minimum atomic E-state index is -0.0323. The molecule has 31 heavy (non-hydrogen) atoms. The van der Waals surface area contributed by atoms with Gasteiger partial charge < -0.3 is 5.32 Å². The van der Waals surface area contributed by atoms with Crippen LogP contribution >= 0.6 is 0 Å². The van der Waals surface area contributed by atoms with Crippen molar-refractivity contribution in [2.75, 3.05) is 19.6 Å². The van der Waals surface area contributed by atoms with Gasteiger partial charge in [-0.25, -0.2) is 4.79 Å². The summed E-state index contributed by atoms with van der Waals surface area (Å²) in [5.74, 6) is -0.0145. The van der Waals surface area contributed by atoms with E-state index in [0.29, 0.717) is 26.1 Å². The van der Waals surface area contributed by atoms with Crippen LogP contribution in [0.3, 0.4) is 0 Å². The maximum absolute atomic E-state index is 12.9. The summed E-state index contributed by atoms with van der Waals surface area (Å²) in [4.78, 5) is 28.1. The summed E-state index contributed by atoms with van der Waals surface area (Å²) in [5, 5.41) is 3.13. The van der Waals surface area contributed by atoms with Crippen LogP contribution in [0.2, 0.25) is 0 Å². The van der Waals surface area contributed by atoms with Crippen molar-refractivity contribution >= 4 is 16.9 Å². The smallest absolute Gasteiger partial charge is 0.329 e. The molecule has 1 saturated heterocycles. The predicted octanol–water partition coefficient (Wildman–Crippen LogP) is 3.56. The third kappa shape index (κ3) is 4.74. The van der Waals surface area contributed by atoms with Crippen molar-refractivity contribution in [2.45, 2.75) is 51.7 Å². The fraction of sp³-hybridized carbons (Fsp3) is 0.440. The van der Waals surface area contributed by atoms with E-state index in [1.54, 1.807) is 4.57 Å². The highest BCUT2D eigenvalue weighted by molar-refractivity contribution is 5.78. The predicted molar refractivity (Wildman–Crippen MR) is 124 cm³/mol. The van der Waals surface area contributed by atoms with E-state index < -0.39 is 0 Å². The van der Waals surface area contributed by atoms with Gasteiger partial charge >= 0.3 is 5.69 Å². The fourth-order valence-corrected chi connectivity index (χ4v) is 4.63. The Kier molecular flexibility index (Phi) is 6.87. The molecule has 3 aromatic rings. The first-order valence-corrected chi connectivity index (χ1v) is 11.4. The largest absolute Gasteiger partial charge is 0.354 e. The first kappa shape index (κ1) is 21.4. The number of aryl methyl sites for hydroxylation is 2. The second-order valence-corrected chi connectivity index (χ2v) is 8.30. The minimum absolute atomic E-state index is 0.0145. The van der Waals surface area contributed by atoms with E-state index in [-0.39, 0.29) is 17.6 Å². The van der Waals surface area contributed by atoms with Crippen molar-refractivity contribution < 1.29 is 4.79 Å². The van der Waals surface area contributed by atoms with Gasteiger partial charge in [0.15, 0.2) is 0 Å². The molecule has 1 atom stereocenters. The molecule has 1 unspecified atom stereocenters. The van der Waals surface area contributed by atoms with Gasteiger partial charge in [-0.05, 0) is 50.0 Å². The van der Waals surface area contributed by atoms with E-state index in [1.165, 1.54) is 18.4 Å². The molecule has 0 spiro atoms. The zero-order valence-electron chi connectivity index (χ0n) is 18.3. The first-order valence-electron chi connectivity index (χ1n) is 11.4. The number of fused-ring (bicyclic) bond motifs is 1. The van der Waals surface area contributed by atoms with Crippen LogP contribution in [0.25, 0.3) is 11.0 Å². The number of likely N-dealkylation sites (tertiary alicyclic amines) is 1. The van der Waals surface area contributed by atoms with Crippen LogP contribution in [0.1, 0.15) is 44.2 Å². The van der Waals surface area contributed by atoms with E-state index in [0.717, 1.165) is 30.5 Å². The first-order chi connectivity index (χ1) is 15.2. The van der Waals surface area contributed by atoms with Crippen molar-refractivity contribution in [1.82, 2.24) is 19.4 Å². The number of nitrogens with zero attached hydrogens (tertiary/aromatic N) is 3. The number of imidazole rings is 1. The van der Waals surface area contributed by atoms with Crippen LogP contribution in [-0.4, -0.2) is 39.6 Å². The number of nitrogens with one attached hydrogen (secondary N) is 1. The monoisotopic (exact) mass is 420 g/mol. The molecule has 164 valence electrons. The number of carbonyl (C=O) groups excluding carboxylic acids is 1. The number of aromatic nitrogens is 2. The molecule has 0 aliphatic carbocycles. The topological polar surface area (TPSA) is 59.3 Å². The summed E-state index contributed by atoms with van der Waals surface area (Å²) in [6.07, 6.45) is 3.61. The second-order valence-electron chi connectivity index (χ2n) is 8.30. The molecule has 2 aromatic carbocycles. The molecule has 1 aromatic heterocycles. The van der Waals surface area contributed by atoms with Crippen molar-refractivity contribution in [3.05, 3.63) is 70.6 Å². The summed E-state index contributed by atoms with van der Waals surface area (Å²) in [7, 11) is 0. The number of para-hydroxylation sites is 2. The summed E-state index contributed by atoms with van der Waals surface area (Å²) >= 11 is 0. The molecule has 1 N–H and O–H groups in total. The van der Waals surface area contributed by atoms with E-state index in [9.17, 15) is 9.59 Å². The molecule has 6 heteroatoms. The lowest BCUT2D eigenvalue weighted by Crippen LogP contribution is -2.37. The molecule has 4 rings (SSSR count).